The molecule has 2 saturated heterocycles. The summed E-state index contributed by atoms with van der Waals surface area (Å²) in [5.74, 6) is 0.594. The summed E-state index contributed by atoms with van der Waals surface area (Å²) in [5, 5.41) is 6.47. The van der Waals surface area contributed by atoms with Gasteiger partial charge in [-0.05, 0) is 51.5 Å². The van der Waals surface area contributed by atoms with E-state index in [0.717, 1.165) is 26.0 Å². The molecule has 122 valence electrons. The van der Waals surface area contributed by atoms with Crippen molar-refractivity contribution in [2.45, 2.75) is 64.2 Å². The van der Waals surface area contributed by atoms with Crippen LogP contribution in [0.4, 0.5) is 0 Å². The highest BCUT2D eigenvalue weighted by molar-refractivity contribution is 5.80. The van der Waals surface area contributed by atoms with Gasteiger partial charge in [0.05, 0.1) is 12.7 Å². The van der Waals surface area contributed by atoms with E-state index in [2.05, 4.69) is 17.6 Å². The summed E-state index contributed by atoms with van der Waals surface area (Å²) in [6.45, 7) is 7.13. The van der Waals surface area contributed by atoms with Crippen molar-refractivity contribution in [2.75, 3.05) is 26.3 Å². The maximum absolute atomic E-state index is 12.1. The zero-order chi connectivity index (χ0) is 15.1. The molecule has 1 amide bonds. The molecule has 0 unspecified atom stereocenters. The number of rotatable bonds is 6. The summed E-state index contributed by atoms with van der Waals surface area (Å²) in [5.41, 5.74) is 0. The van der Waals surface area contributed by atoms with E-state index in [-0.39, 0.29) is 12.0 Å². The van der Waals surface area contributed by atoms with Gasteiger partial charge in [0.2, 0.25) is 5.91 Å². The molecule has 0 radical (unpaired) electrons. The summed E-state index contributed by atoms with van der Waals surface area (Å²) in [6, 6.07) is 0.386. The number of hydrogen-bond acceptors (Lipinski definition) is 4. The van der Waals surface area contributed by atoms with E-state index >= 15 is 0 Å². The molecule has 0 aromatic heterocycles. The molecule has 21 heavy (non-hydrogen) atoms. The van der Waals surface area contributed by atoms with E-state index in [9.17, 15) is 4.79 Å². The lowest BCUT2D eigenvalue weighted by Gasteiger charge is -2.30. The summed E-state index contributed by atoms with van der Waals surface area (Å²) in [4.78, 5) is 12.1. The van der Waals surface area contributed by atoms with Crippen molar-refractivity contribution < 1.29 is 14.3 Å². The molecule has 2 fully saturated rings. The van der Waals surface area contributed by atoms with Crippen LogP contribution in [0.2, 0.25) is 0 Å². The Morgan fingerprint density at radius 3 is 2.95 bits per heavy atom. The van der Waals surface area contributed by atoms with Gasteiger partial charge in [-0.15, -0.1) is 0 Å². The molecule has 4 atom stereocenters. The van der Waals surface area contributed by atoms with Gasteiger partial charge in [0.1, 0.15) is 6.10 Å². The molecule has 0 spiro atoms. The Kier molecular flexibility index (Phi) is 6.93. The molecule has 5 nitrogen and oxygen atoms in total. The van der Waals surface area contributed by atoms with E-state index < -0.39 is 6.10 Å². The smallest absolute Gasteiger partial charge is 0.248 e. The van der Waals surface area contributed by atoms with Crippen molar-refractivity contribution >= 4 is 5.91 Å². The van der Waals surface area contributed by atoms with Crippen molar-refractivity contribution in [1.29, 1.82) is 0 Å². The van der Waals surface area contributed by atoms with E-state index in [1.165, 1.54) is 19.3 Å². The molecule has 0 bridgehead atoms. The maximum atomic E-state index is 12.1. The Morgan fingerprint density at radius 1 is 1.38 bits per heavy atom. The minimum atomic E-state index is -0.408. The number of piperidine rings is 1. The Balaban J connectivity index is 1.62. The van der Waals surface area contributed by atoms with Crippen LogP contribution < -0.4 is 10.6 Å². The van der Waals surface area contributed by atoms with E-state index in [4.69, 9.17) is 9.47 Å². The first-order chi connectivity index (χ1) is 10.2. The summed E-state index contributed by atoms with van der Waals surface area (Å²) in [7, 11) is 0. The molecule has 0 aliphatic carbocycles. The molecule has 2 rings (SSSR count). The number of carbonyl (C=O) groups excluding carboxylic acids is 1. The molecule has 2 aliphatic heterocycles. The van der Waals surface area contributed by atoms with E-state index in [1.54, 1.807) is 0 Å². The number of hydrogen-bond donors (Lipinski definition) is 2. The van der Waals surface area contributed by atoms with Gasteiger partial charge in [-0.2, -0.15) is 0 Å². The molecule has 0 aromatic carbocycles. The zero-order valence-corrected chi connectivity index (χ0v) is 13.4. The van der Waals surface area contributed by atoms with Crippen molar-refractivity contribution in [3.8, 4) is 0 Å². The lowest BCUT2D eigenvalue weighted by Crippen LogP contribution is -2.49. The van der Waals surface area contributed by atoms with E-state index in [0.29, 0.717) is 25.1 Å². The molecule has 5 heteroatoms. The van der Waals surface area contributed by atoms with Gasteiger partial charge in [-0.3, -0.25) is 4.79 Å². The monoisotopic (exact) mass is 298 g/mol. The van der Waals surface area contributed by atoms with Gasteiger partial charge in [-0.1, -0.05) is 6.92 Å². The second-order valence-electron chi connectivity index (χ2n) is 6.39. The van der Waals surface area contributed by atoms with Crippen LogP contribution in [0.25, 0.3) is 0 Å². The predicted molar refractivity (Wildman–Crippen MR) is 82.2 cm³/mol. The lowest BCUT2D eigenvalue weighted by molar-refractivity contribution is -0.135. The standard InChI is InChI=1S/C16H30N2O3/c1-12-6-5-8-17-15(12)10-18-16(19)13(2)21-11-14-7-3-4-9-20-14/h12-15,17H,3-11H2,1-2H3,(H,18,19)/t12-,13-,14-,15+/m0/s1. The molecular weight excluding hydrogens is 268 g/mol. The lowest BCUT2D eigenvalue weighted by atomic mass is 9.93. The highest BCUT2D eigenvalue weighted by Gasteiger charge is 2.23. The molecule has 2 heterocycles. The van der Waals surface area contributed by atoms with Crippen LogP contribution in [-0.4, -0.2) is 50.5 Å². The van der Waals surface area contributed by atoms with Gasteiger partial charge in [0, 0.05) is 19.2 Å². The first-order valence-corrected chi connectivity index (χ1v) is 8.41. The minimum absolute atomic E-state index is 0.0228. The van der Waals surface area contributed by atoms with Crippen LogP contribution in [0.5, 0.6) is 0 Å². The molecule has 2 aliphatic rings. The molecule has 0 aromatic rings. The summed E-state index contributed by atoms with van der Waals surface area (Å²) < 4.78 is 11.3. The fourth-order valence-electron chi connectivity index (χ4n) is 3.01. The summed E-state index contributed by atoms with van der Waals surface area (Å²) >= 11 is 0. The Morgan fingerprint density at radius 2 is 2.24 bits per heavy atom. The third kappa shape index (κ3) is 5.57. The second kappa shape index (κ2) is 8.71. The first-order valence-electron chi connectivity index (χ1n) is 8.41. The van der Waals surface area contributed by atoms with Crippen molar-refractivity contribution in [3.05, 3.63) is 0 Å². The third-order valence-corrected chi connectivity index (χ3v) is 4.60. The SMILES string of the molecule is C[C@H](OC[C@@H]1CCCCO1)C(=O)NC[C@H]1NCCC[C@@H]1C. The predicted octanol–water partition coefficient (Wildman–Crippen LogP) is 1.46. The Hall–Kier alpha value is -0.650. The average Bonchev–Trinajstić information content (AvgIpc) is 2.52. The van der Waals surface area contributed by atoms with E-state index in [1.807, 2.05) is 6.92 Å². The van der Waals surface area contributed by atoms with Gasteiger partial charge < -0.3 is 20.1 Å². The first kappa shape index (κ1) is 16.7. The number of amides is 1. The van der Waals surface area contributed by atoms with Gasteiger partial charge in [0.25, 0.3) is 0 Å². The van der Waals surface area contributed by atoms with Crippen LogP contribution >= 0.6 is 0 Å². The minimum Gasteiger partial charge on any atom is -0.376 e. The topological polar surface area (TPSA) is 59.6 Å². The van der Waals surface area contributed by atoms with Gasteiger partial charge in [-0.25, -0.2) is 0 Å². The summed E-state index contributed by atoms with van der Waals surface area (Å²) in [6.07, 6.45) is 5.59. The second-order valence-corrected chi connectivity index (χ2v) is 6.39. The van der Waals surface area contributed by atoms with Crippen LogP contribution in [0.1, 0.15) is 46.0 Å². The highest BCUT2D eigenvalue weighted by Crippen LogP contribution is 2.15. The normalized spacial score (nSPS) is 31.6. The van der Waals surface area contributed by atoms with Crippen molar-refractivity contribution in [2.24, 2.45) is 5.92 Å². The van der Waals surface area contributed by atoms with Crippen molar-refractivity contribution in [1.82, 2.24) is 10.6 Å². The van der Waals surface area contributed by atoms with Crippen LogP contribution in [0.15, 0.2) is 0 Å². The fraction of sp³-hybridized carbons (Fsp3) is 0.938. The largest absolute Gasteiger partial charge is 0.376 e. The quantitative estimate of drug-likeness (QED) is 0.779. The molecular formula is C16H30N2O3. The highest BCUT2D eigenvalue weighted by atomic mass is 16.5. The van der Waals surface area contributed by atoms with Crippen LogP contribution in [0.3, 0.4) is 0 Å². The average molecular weight is 298 g/mol. The third-order valence-electron chi connectivity index (χ3n) is 4.60. The van der Waals surface area contributed by atoms with Gasteiger partial charge >= 0.3 is 0 Å². The molecule has 0 saturated carbocycles. The maximum Gasteiger partial charge on any atom is 0.248 e. The Bertz CT molecular complexity index is 319. The number of ether oxygens (including phenoxy) is 2. The fourth-order valence-corrected chi connectivity index (χ4v) is 3.01. The Labute approximate surface area is 128 Å². The van der Waals surface area contributed by atoms with Crippen molar-refractivity contribution in [3.63, 3.8) is 0 Å². The van der Waals surface area contributed by atoms with Crippen LogP contribution in [0, 0.1) is 5.92 Å². The molecule has 2 N–H and O–H groups in total. The zero-order valence-electron chi connectivity index (χ0n) is 13.4. The van der Waals surface area contributed by atoms with Gasteiger partial charge in [0.15, 0.2) is 0 Å². The number of carbonyl (C=O) groups is 1. The number of nitrogens with one attached hydrogen (secondary N) is 2. The van der Waals surface area contributed by atoms with Crippen LogP contribution in [-0.2, 0) is 14.3 Å².